The number of esters is 1. The molecule has 2 aromatic carbocycles. The number of carbonyl (C=O) groups excluding carboxylic acids is 1. The molecule has 152 valence electrons. The molecular formula is C23H23N5O2. The molecule has 0 saturated carbocycles. The van der Waals surface area contributed by atoms with Gasteiger partial charge in [0.15, 0.2) is 0 Å². The van der Waals surface area contributed by atoms with Gasteiger partial charge in [0.25, 0.3) is 0 Å². The lowest BCUT2D eigenvalue weighted by molar-refractivity contribution is 0.0600. The standard InChI is InChI=1S/C23H23N5O2/c1-15-13-17(14-24-26-23-25-19-10-6-8-12-21(19)27(23)3)16(2)28(15)20-11-7-5-9-18(20)22(29)30-4/h5-14H,1-4H3,(H,25,26)/b24-14-. The zero-order valence-corrected chi connectivity index (χ0v) is 17.4. The number of hydrogen-bond acceptors (Lipinski definition) is 5. The molecule has 0 bridgehead atoms. The van der Waals surface area contributed by atoms with E-state index in [0.717, 1.165) is 33.7 Å². The summed E-state index contributed by atoms with van der Waals surface area (Å²) < 4.78 is 8.93. The molecule has 30 heavy (non-hydrogen) atoms. The lowest BCUT2D eigenvalue weighted by atomic mass is 10.1. The Hall–Kier alpha value is -3.87. The first-order chi connectivity index (χ1) is 14.5. The quantitative estimate of drug-likeness (QED) is 0.309. The topological polar surface area (TPSA) is 73.4 Å². The maximum atomic E-state index is 12.2. The van der Waals surface area contributed by atoms with Gasteiger partial charge in [-0.1, -0.05) is 24.3 Å². The Morgan fingerprint density at radius 1 is 1.13 bits per heavy atom. The van der Waals surface area contributed by atoms with E-state index in [2.05, 4.69) is 15.5 Å². The fourth-order valence-electron chi connectivity index (χ4n) is 3.65. The van der Waals surface area contributed by atoms with Crippen LogP contribution in [0.2, 0.25) is 0 Å². The van der Waals surface area contributed by atoms with Gasteiger partial charge in [-0.2, -0.15) is 5.10 Å². The molecular weight excluding hydrogens is 378 g/mol. The number of fused-ring (bicyclic) bond motifs is 1. The molecule has 0 fully saturated rings. The van der Waals surface area contributed by atoms with Crippen LogP contribution in [-0.2, 0) is 11.8 Å². The van der Waals surface area contributed by atoms with E-state index in [0.29, 0.717) is 11.5 Å². The highest BCUT2D eigenvalue weighted by atomic mass is 16.5. The molecule has 0 radical (unpaired) electrons. The maximum absolute atomic E-state index is 12.2. The van der Waals surface area contributed by atoms with Crippen LogP contribution >= 0.6 is 0 Å². The van der Waals surface area contributed by atoms with E-state index in [4.69, 9.17) is 4.74 Å². The number of nitrogens with zero attached hydrogens (tertiary/aromatic N) is 4. The third-order valence-corrected chi connectivity index (χ3v) is 5.18. The van der Waals surface area contributed by atoms with E-state index in [9.17, 15) is 4.79 Å². The van der Waals surface area contributed by atoms with Gasteiger partial charge in [0.05, 0.1) is 35.6 Å². The van der Waals surface area contributed by atoms with E-state index >= 15 is 0 Å². The van der Waals surface area contributed by atoms with Crippen LogP contribution in [0, 0.1) is 13.8 Å². The van der Waals surface area contributed by atoms with Crippen LogP contribution in [-0.4, -0.2) is 33.4 Å². The van der Waals surface area contributed by atoms with Crippen molar-refractivity contribution in [3.05, 3.63) is 77.1 Å². The number of hydrazone groups is 1. The highest BCUT2D eigenvalue weighted by Crippen LogP contribution is 2.23. The molecule has 0 aliphatic heterocycles. The second-order valence-electron chi connectivity index (χ2n) is 7.02. The Labute approximate surface area is 174 Å². The summed E-state index contributed by atoms with van der Waals surface area (Å²) in [4.78, 5) is 16.7. The largest absolute Gasteiger partial charge is 0.465 e. The molecule has 0 saturated heterocycles. The van der Waals surface area contributed by atoms with Gasteiger partial charge in [-0.05, 0) is 44.2 Å². The van der Waals surface area contributed by atoms with Crippen LogP contribution < -0.4 is 5.43 Å². The molecule has 4 aromatic rings. The molecule has 4 rings (SSSR count). The molecule has 0 aliphatic carbocycles. The van der Waals surface area contributed by atoms with Gasteiger partial charge in [0.1, 0.15) is 0 Å². The van der Waals surface area contributed by atoms with E-state index in [1.54, 1.807) is 12.3 Å². The van der Waals surface area contributed by atoms with Crippen LogP contribution in [0.3, 0.4) is 0 Å². The van der Waals surface area contributed by atoms with E-state index in [1.807, 2.05) is 78.6 Å². The molecule has 7 heteroatoms. The van der Waals surface area contributed by atoms with Gasteiger partial charge in [-0.15, -0.1) is 0 Å². The number of rotatable bonds is 5. The first-order valence-electron chi connectivity index (χ1n) is 9.58. The number of aromatic nitrogens is 3. The van der Waals surface area contributed by atoms with Gasteiger partial charge < -0.3 is 13.9 Å². The summed E-state index contributed by atoms with van der Waals surface area (Å²) in [5.74, 6) is 0.300. The molecule has 0 atom stereocenters. The van der Waals surface area contributed by atoms with Crippen LogP contribution in [0.1, 0.15) is 27.3 Å². The van der Waals surface area contributed by atoms with Gasteiger partial charge >= 0.3 is 5.97 Å². The summed E-state index contributed by atoms with van der Waals surface area (Å²) in [6.07, 6.45) is 1.76. The van der Waals surface area contributed by atoms with Crippen molar-refractivity contribution in [2.75, 3.05) is 12.5 Å². The predicted molar refractivity (Wildman–Crippen MR) is 119 cm³/mol. The summed E-state index contributed by atoms with van der Waals surface area (Å²) in [6, 6.07) is 17.4. The number of aryl methyl sites for hydroxylation is 2. The van der Waals surface area contributed by atoms with Crippen molar-refractivity contribution in [2.45, 2.75) is 13.8 Å². The minimum Gasteiger partial charge on any atom is -0.465 e. The fourth-order valence-corrected chi connectivity index (χ4v) is 3.65. The Bertz CT molecular complexity index is 1270. The second-order valence-corrected chi connectivity index (χ2v) is 7.02. The SMILES string of the molecule is COC(=O)c1ccccc1-n1c(C)cc(/C=N\Nc2nc3ccccc3n2C)c1C. The van der Waals surface area contributed by atoms with Gasteiger partial charge in [-0.3, -0.25) is 0 Å². The predicted octanol–water partition coefficient (Wildman–Crippen LogP) is 4.21. The highest BCUT2D eigenvalue weighted by molar-refractivity contribution is 5.94. The second kappa shape index (κ2) is 7.87. The van der Waals surface area contributed by atoms with Crippen molar-refractivity contribution >= 4 is 29.2 Å². The summed E-state index contributed by atoms with van der Waals surface area (Å²) in [5.41, 5.74) is 9.18. The number of carbonyl (C=O) groups is 1. The smallest absolute Gasteiger partial charge is 0.339 e. The summed E-state index contributed by atoms with van der Waals surface area (Å²) >= 11 is 0. The van der Waals surface area contributed by atoms with Crippen molar-refractivity contribution in [3.63, 3.8) is 0 Å². The molecule has 2 heterocycles. The van der Waals surface area contributed by atoms with E-state index in [-0.39, 0.29) is 5.97 Å². The number of benzene rings is 2. The zero-order chi connectivity index (χ0) is 21.3. The number of methoxy groups -OCH3 is 1. The normalized spacial score (nSPS) is 11.3. The maximum Gasteiger partial charge on any atom is 0.339 e. The minimum atomic E-state index is -0.364. The molecule has 7 nitrogen and oxygen atoms in total. The zero-order valence-electron chi connectivity index (χ0n) is 17.4. The van der Waals surface area contributed by atoms with Gasteiger partial charge in [0, 0.05) is 24.0 Å². The minimum absolute atomic E-state index is 0.364. The Morgan fingerprint density at radius 3 is 2.63 bits per heavy atom. The average Bonchev–Trinajstić information content (AvgIpc) is 3.23. The van der Waals surface area contributed by atoms with Crippen molar-refractivity contribution in [3.8, 4) is 5.69 Å². The van der Waals surface area contributed by atoms with Crippen molar-refractivity contribution in [1.29, 1.82) is 0 Å². The lowest BCUT2D eigenvalue weighted by Crippen LogP contribution is -2.09. The molecule has 0 unspecified atom stereocenters. The molecule has 2 aromatic heterocycles. The summed E-state index contributed by atoms with van der Waals surface area (Å²) in [7, 11) is 3.34. The highest BCUT2D eigenvalue weighted by Gasteiger charge is 2.17. The van der Waals surface area contributed by atoms with E-state index in [1.165, 1.54) is 7.11 Å². The van der Waals surface area contributed by atoms with Gasteiger partial charge in [-0.25, -0.2) is 15.2 Å². The van der Waals surface area contributed by atoms with Crippen LogP contribution in [0.15, 0.2) is 59.7 Å². The number of anilines is 1. The molecule has 0 spiro atoms. The third kappa shape index (κ3) is 3.34. The number of para-hydroxylation sites is 3. The van der Waals surface area contributed by atoms with Crippen LogP contribution in [0.4, 0.5) is 5.95 Å². The lowest BCUT2D eigenvalue weighted by Gasteiger charge is -2.13. The van der Waals surface area contributed by atoms with Crippen molar-refractivity contribution in [2.24, 2.45) is 12.1 Å². The summed E-state index contributed by atoms with van der Waals surface area (Å²) in [6.45, 7) is 3.99. The molecule has 0 amide bonds. The number of ether oxygens (including phenoxy) is 1. The van der Waals surface area contributed by atoms with Crippen molar-refractivity contribution in [1.82, 2.24) is 14.1 Å². The Morgan fingerprint density at radius 2 is 1.87 bits per heavy atom. The number of hydrogen-bond donors (Lipinski definition) is 1. The molecule has 1 N–H and O–H groups in total. The summed E-state index contributed by atoms with van der Waals surface area (Å²) in [5, 5.41) is 4.39. The first-order valence-corrected chi connectivity index (χ1v) is 9.58. The number of nitrogens with one attached hydrogen (secondary N) is 1. The van der Waals surface area contributed by atoms with E-state index < -0.39 is 0 Å². The number of imidazole rings is 1. The molecule has 0 aliphatic rings. The Balaban J connectivity index is 1.64. The van der Waals surface area contributed by atoms with Crippen molar-refractivity contribution < 1.29 is 9.53 Å². The van der Waals surface area contributed by atoms with Crippen LogP contribution in [0.5, 0.6) is 0 Å². The first kappa shape index (κ1) is 19.4. The van der Waals surface area contributed by atoms with Crippen LogP contribution in [0.25, 0.3) is 16.7 Å². The third-order valence-electron chi connectivity index (χ3n) is 5.18. The average molecular weight is 401 g/mol. The van der Waals surface area contributed by atoms with Gasteiger partial charge in [0.2, 0.25) is 5.95 Å². The Kier molecular flexibility index (Phi) is 5.10. The fraction of sp³-hybridized carbons (Fsp3) is 0.174. The monoisotopic (exact) mass is 401 g/mol.